The molecule has 0 aliphatic carbocycles. The number of methoxy groups -OCH3 is 1. The molecule has 0 aliphatic rings. The summed E-state index contributed by atoms with van der Waals surface area (Å²) in [6, 6.07) is 11.8. The Labute approximate surface area is 151 Å². The van der Waals surface area contributed by atoms with Crippen LogP contribution >= 0.6 is 15.9 Å². The zero-order valence-corrected chi connectivity index (χ0v) is 16.1. The van der Waals surface area contributed by atoms with Crippen LogP contribution < -0.4 is 14.2 Å². The lowest BCUT2D eigenvalue weighted by atomic mass is 10.1. The topological polar surface area (TPSA) is 64.6 Å². The Morgan fingerprint density at radius 1 is 1.17 bits per heavy atom. The normalized spacial score (nSPS) is 12.7. The van der Waals surface area contributed by atoms with Gasteiger partial charge in [-0.05, 0) is 49.7 Å². The van der Waals surface area contributed by atoms with Gasteiger partial charge in [0.05, 0.1) is 13.7 Å². The average Bonchev–Trinajstić information content (AvgIpc) is 2.55. The van der Waals surface area contributed by atoms with Crippen molar-refractivity contribution in [3.8, 4) is 11.5 Å². The molecular weight excluding hydrogens is 394 g/mol. The van der Waals surface area contributed by atoms with Crippen LogP contribution in [0, 0.1) is 0 Å². The summed E-state index contributed by atoms with van der Waals surface area (Å²) in [6.45, 7) is 4.29. The first-order valence-electron chi connectivity index (χ1n) is 7.46. The van der Waals surface area contributed by atoms with Crippen LogP contribution in [0.2, 0.25) is 0 Å². The van der Waals surface area contributed by atoms with E-state index < -0.39 is 16.1 Å². The van der Waals surface area contributed by atoms with Crippen LogP contribution in [0.15, 0.2) is 51.8 Å². The van der Waals surface area contributed by atoms with Crippen LogP contribution in [0.4, 0.5) is 0 Å². The number of sulfonamides is 1. The highest BCUT2D eigenvalue weighted by atomic mass is 79.9. The fourth-order valence-electron chi connectivity index (χ4n) is 2.24. The maximum atomic E-state index is 12.7. The molecule has 0 bridgehead atoms. The van der Waals surface area contributed by atoms with Gasteiger partial charge in [-0.25, -0.2) is 13.1 Å². The summed E-state index contributed by atoms with van der Waals surface area (Å²) in [5.74, 6) is 1.05. The summed E-state index contributed by atoms with van der Waals surface area (Å²) in [4.78, 5) is 0.0946. The SMILES string of the molecule is CCOc1ccc(C(C)NS(=O)(=O)c2cc(Br)ccc2OC)cc1. The van der Waals surface area contributed by atoms with Crippen molar-refractivity contribution in [1.29, 1.82) is 0 Å². The molecule has 2 aromatic carbocycles. The molecule has 1 N–H and O–H groups in total. The molecule has 0 aliphatic heterocycles. The van der Waals surface area contributed by atoms with Gasteiger partial charge >= 0.3 is 0 Å². The molecule has 0 saturated heterocycles. The first-order chi connectivity index (χ1) is 11.4. The Morgan fingerprint density at radius 2 is 1.83 bits per heavy atom. The molecule has 0 heterocycles. The summed E-state index contributed by atoms with van der Waals surface area (Å²) in [7, 11) is -2.29. The first-order valence-corrected chi connectivity index (χ1v) is 9.73. The van der Waals surface area contributed by atoms with E-state index in [2.05, 4.69) is 20.7 Å². The van der Waals surface area contributed by atoms with Crippen LogP contribution in [0.25, 0.3) is 0 Å². The van der Waals surface area contributed by atoms with Gasteiger partial charge in [0.2, 0.25) is 10.0 Å². The molecule has 7 heteroatoms. The summed E-state index contributed by atoms with van der Waals surface area (Å²) in [6.07, 6.45) is 0. The molecule has 0 amide bonds. The molecule has 2 rings (SSSR count). The fourth-order valence-corrected chi connectivity index (χ4v) is 4.18. The summed E-state index contributed by atoms with van der Waals surface area (Å²) < 4.78 is 39.3. The van der Waals surface area contributed by atoms with Gasteiger partial charge in [-0.1, -0.05) is 28.1 Å². The third-order valence-electron chi connectivity index (χ3n) is 3.44. The largest absolute Gasteiger partial charge is 0.495 e. The smallest absolute Gasteiger partial charge is 0.244 e. The number of halogens is 1. The van der Waals surface area contributed by atoms with Crippen molar-refractivity contribution in [2.75, 3.05) is 13.7 Å². The molecule has 24 heavy (non-hydrogen) atoms. The summed E-state index contributed by atoms with van der Waals surface area (Å²) in [5, 5.41) is 0. The lowest BCUT2D eigenvalue weighted by Crippen LogP contribution is -2.27. The van der Waals surface area contributed by atoms with Gasteiger partial charge in [0.1, 0.15) is 16.4 Å². The lowest BCUT2D eigenvalue weighted by Gasteiger charge is -2.17. The molecule has 1 unspecified atom stereocenters. The fraction of sp³-hybridized carbons (Fsp3) is 0.294. The second-order valence-corrected chi connectivity index (χ2v) is 7.74. The Bertz CT molecular complexity index is 791. The van der Waals surface area contributed by atoms with Crippen molar-refractivity contribution in [3.63, 3.8) is 0 Å². The molecular formula is C17H20BrNO4S. The van der Waals surface area contributed by atoms with Crippen molar-refractivity contribution in [2.24, 2.45) is 0 Å². The Hall–Kier alpha value is -1.57. The minimum atomic E-state index is -3.73. The zero-order valence-electron chi connectivity index (χ0n) is 13.7. The van der Waals surface area contributed by atoms with E-state index in [1.807, 2.05) is 31.2 Å². The Kier molecular flexibility index (Phi) is 6.26. The van der Waals surface area contributed by atoms with E-state index in [0.29, 0.717) is 16.8 Å². The van der Waals surface area contributed by atoms with Crippen LogP contribution in [0.5, 0.6) is 11.5 Å². The van der Waals surface area contributed by atoms with E-state index >= 15 is 0 Å². The second-order valence-electron chi connectivity index (χ2n) is 5.14. The number of nitrogens with one attached hydrogen (secondary N) is 1. The standard InChI is InChI=1S/C17H20BrNO4S/c1-4-23-15-8-5-13(6-9-15)12(2)19-24(20,21)17-11-14(18)7-10-16(17)22-3/h5-12,19H,4H2,1-3H3. The molecule has 0 radical (unpaired) electrons. The monoisotopic (exact) mass is 413 g/mol. The predicted molar refractivity (Wildman–Crippen MR) is 97.0 cm³/mol. The number of benzene rings is 2. The minimum absolute atomic E-state index is 0.0946. The van der Waals surface area contributed by atoms with Crippen molar-refractivity contribution in [1.82, 2.24) is 4.72 Å². The number of ether oxygens (including phenoxy) is 2. The predicted octanol–water partition coefficient (Wildman–Crippen LogP) is 3.90. The van der Waals surface area contributed by atoms with Crippen LogP contribution in [-0.4, -0.2) is 22.1 Å². The third kappa shape index (κ3) is 4.49. The van der Waals surface area contributed by atoms with Crippen molar-refractivity contribution < 1.29 is 17.9 Å². The van der Waals surface area contributed by atoms with Gasteiger partial charge in [0.25, 0.3) is 0 Å². The molecule has 0 aromatic heterocycles. The first kappa shape index (κ1) is 18.8. The molecule has 130 valence electrons. The van der Waals surface area contributed by atoms with Crippen LogP contribution in [0.3, 0.4) is 0 Å². The molecule has 0 spiro atoms. The minimum Gasteiger partial charge on any atom is -0.495 e. The van der Waals surface area contributed by atoms with Crippen molar-refractivity contribution in [2.45, 2.75) is 24.8 Å². The van der Waals surface area contributed by atoms with E-state index in [-0.39, 0.29) is 4.90 Å². The third-order valence-corrected chi connectivity index (χ3v) is 5.49. The summed E-state index contributed by atoms with van der Waals surface area (Å²) >= 11 is 3.29. The number of hydrogen-bond acceptors (Lipinski definition) is 4. The van der Waals surface area contributed by atoms with E-state index in [4.69, 9.17) is 9.47 Å². The quantitative estimate of drug-likeness (QED) is 0.747. The lowest BCUT2D eigenvalue weighted by molar-refractivity contribution is 0.340. The molecule has 1 atom stereocenters. The number of hydrogen-bond donors (Lipinski definition) is 1. The molecule has 5 nitrogen and oxygen atoms in total. The van der Waals surface area contributed by atoms with E-state index in [9.17, 15) is 8.42 Å². The Balaban J connectivity index is 2.23. The Morgan fingerprint density at radius 3 is 2.42 bits per heavy atom. The van der Waals surface area contributed by atoms with Gasteiger partial charge in [0, 0.05) is 10.5 Å². The highest BCUT2D eigenvalue weighted by Gasteiger charge is 2.22. The summed E-state index contributed by atoms with van der Waals surface area (Å²) in [5.41, 5.74) is 0.844. The molecule has 0 fully saturated rings. The second kappa shape index (κ2) is 8.00. The van der Waals surface area contributed by atoms with Gasteiger partial charge in [0.15, 0.2) is 0 Å². The highest BCUT2D eigenvalue weighted by molar-refractivity contribution is 9.10. The number of rotatable bonds is 7. The van der Waals surface area contributed by atoms with Gasteiger partial charge in [-0.3, -0.25) is 0 Å². The van der Waals surface area contributed by atoms with E-state index in [1.54, 1.807) is 19.1 Å². The maximum Gasteiger partial charge on any atom is 0.244 e. The maximum absolute atomic E-state index is 12.7. The zero-order chi connectivity index (χ0) is 17.7. The molecule has 2 aromatic rings. The van der Waals surface area contributed by atoms with Gasteiger partial charge in [-0.2, -0.15) is 0 Å². The van der Waals surface area contributed by atoms with Crippen molar-refractivity contribution >= 4 is 26.0 Å². The van der Waals surface area contributed by atoms with Gasteiger partial charge < -0.3 is 9.47 Å². The van der Waals surface area contributed by atoms with Crippen LogP contribution in [0.1, 0.15) is 25.5 Å². The van der Waals surface area contributed by atoms with E-state index in [0.717, 1.165) is 11.3 Å². The van der Waals surface area contributed by atoms with Gasteiger partial charge in [-0.15, -0.1) is 0 Å². The van der Waals surface area contributed by atoms with Crippen LogP contribution in [-0.2, 0) is 10.0 Å². The average molecular weight is 414 g/mol. The highest BCUT2D eigenvalue weighted by Crippen LogP contribution is 2.28. The van der Waals surface area contributed by atoms with Crippen molar-refractivity contribution in [3.05, 3.63) is 52.5 Å². The van der Waals surface area contributed by atoms with E-state index in [1.165, 1.54) is 13.2 Å². The molecule has 0 saturated carbocycles.